The van der Waals surface area contributed by atoms with Crippen LogP contribution in [0, 0.1) is 0 Å². The number of nitrogens with zero attached hydrogens (tertiary/aromatic N) is 1. The standard InChI is InChI=1S/C15H26N2O/c1-15(12-16,14-8-5-4-6-9-14)13-17(2)10-7-11-18-3/h4-6,8-9H,7,10-13,16H2,1-3H3. The lowest BCUT2D eigenvalue weighted by molar-refractivity contribution is 0.172. The molecule has 2 N–H and O–H groups in total. The molecule has 1 unspecified atom stereocenters. The number of hydrogen-bond acceptors (Lipinski definition) is 3. The molecule has 1 aromatic carbocycles. The first-order valence-electron chi connectivity index (χ1n) is 6.55. The van der Waals surface area contributed by atoms with E-state index < -0.39 is 0 Å². The molecule has 18 heavy (non-hydrogen) atoms. The van der Waals surface area contributed by atoms with Crippen LogP contribution in [0.4, 0.5) is 0 Å². The van der Waals surface area contributed by atoms with Crippen molar-refractivity contribution in [2.24, 2.45) is 5.73 Å². The van der Waals surface area contributed by atoms with Crippen molar-refractivity contribution in [3.63, 3.8) is 0 Å². The smallest absolute Gasteiger partial charge is 0.0474 e. The second kappa shape index (κ2) is 7.52. The lowest BCUT2D eigenvalue weighted by Crippen LogP contribution is -2.43. The topological polar surface area (TPSA) is 38.5 Å². The first-order valence-corrected chi connectivity index (χ1v) is 6.55. The summed E-state index contributed by atoms with van der Waals surface area (Å²) >= 11 is 0. The van der Waals surface area contributed by atoms with Gasteiger partial charge in [0.15, 0.2) is 0 Å². The van der Waals surface area contributed by atoms with Crippen molar-refractivity contribution in [3.8, 4) is 0 Å². The summed E-state index contributed by atoms with van der Waals surface area (Å²) in [6, 6.07) is 10.5. The molecule has 102 valence electrons. The highest BCUT2D eigenvalue weighted by Crippen LogP contribution is 2.23. The monoisotopic (exact) mass is 250 g/mol. The van der Waals surface area contributed by atoms with Gasteiger partial charge >= 0.3 is 0 Å². The summed E-state index contributed by atoms with van der Waals surface area (Å²) in [4.78, 5) is 2.33. The van der Waals surface area contributed by atoms with Crippen molar-refractivity contribution in [1.82, 2.24) is 4.90 Å². The fourth-order valence-electron chi connectivity index (χ4n) is 2.27. The van der Waals surface area contributed by atoms with Crippen LogP contribution < -0.4 is 5.73 Å². The molecule has 0 radical (unpaired) electrons. The minimum Gasteiger partial charge on any atom is -0.385 e. The van der Waals surface area contributed by atoms with Gasteiger partial charge in [-0.1, -0.05) is 37.3 Å². The van der Waals surface area contributed by atoms with Crippen molar-refractivity contribution in [2.75, 3.05) is 40.4 Å². The Hall–Kier alpha value is -0.900. The normalized spacial score (nSPS) is 14.7. The summed E-state index contributed by atoms with van der Waals surface area (Å²) in [5, 5.41) is 0. The van der Waals surface area contributed by atoms with E-state index in [4.69, 9.17) is 10.5 Å². The number of hydrogen-bond donors (Lipinski definition) is 1. The molecular formula is C15H26N2O. The minimum absolute atomic E-state index is 0.0169. The highest BCUT2D eigenvalue weighted by atomic mass is 16.5. The fraction of sp³-hybridized carbons (Fsp3) is 0.600. The number of nitrogens with two attached hydrogens (primary N) is 1. The van der Waals surface area contributed by atoms with Gasteiger partial charge in [0.1, 0.15) is 0 Å². The largest absolute Gasteiger partial charge is 0.385 e. The van der Waals surface area contributed by atoms with Crippen LogP contribution in [0.5, 0.6) is 0 Å². The first kappa shape index (κ1) is 15.2. The minimum atomic E-state index is 0.0169. The number of methoxy groups -OCH3 is 1. The highest BCUT2D eigenvalue weighted by molar-refractivity contribution is 5.25. The molecule has 0 amide bonds. The molecule has 1 aromatic rings. The molecule has 0 aliphatic heterocycles. The molecule has 0 fully saturated rings. The average molecular weight is 250 g/mol. The van der Waals surface area contributed by atoms with E-state index in [1.807, 2.05) is 6.07 Å². The Balaban J connectivity index is 2.60. The van der Waals surface area contributed by atoms with Crippen LogP contribution in [0.3, 0.4) is 0 Å². The average Bonchev–Trinajstić information content (AvgIpc) is 2.40. The molecule has 0 saturated carbocycles. The molecule has 0 saturated heterocycles. The first-order chi connectivity index (χ1) is 8.62. The van der Waals surface area contributed by atoms with Crippen LogP contribution in [-0.2, 0) is 10.2 Å². The molecule has 0 aliphatic carbocycles. The van der Waals surface area contributed by atoms with Gasteiger partial charge in [-0.2, -0.15) is 0 Å². The number of likely N-dealkylation sites (N-methyl/N-ethyl adjacent to an activating group) is 1. The Bertz CT molecular complexity index is 329. The van der Waals surface area contributed by atoms with Crippen LogP contribution in [0.15, 0.2) is 30.3 Å². The van der Waals surface area contributed by atoms with Crippen molar-refractivity contribution in [3.05, 3.63) is 35.9 Å². The van der Waals surface area contributed by atoms with Gasteiger partial charge in [0, 0.05) is 38.8 Å². The SMILES string of the molecule is COCCCN(C)CC(C)(CN)c1ccccc1. The van der Waals surface area contributed by atoms with Crippen LogP contribution in [0.1, 0.15) is 18.9 Å². The third kappa shape index (κ3) is 4.41. The zero-order valence-corrected chi connectivity index (χ0v) is 11.9. The molecule has 3 nitrogen and oxygen atoms in total. The second-order valence-electron chi connectivity index (χ2n) is 5.21. The lowest BCUT2D eigenvalue weighted by Gasteiger charge is -2.33. The van der Waals surface area contributed by atoms with E-state index >= 15 is 0 Å². The Morgan fingerprint density at radius 3 is 2.50 bits per heavy atom. The van der Waals surface area contributed by atoms with Gasteiger partial charge in [0.05, 0.1) is 0 Å². The van der Waals surface area contributed by atoms with Gasteiger partial charge in [-0.15, -0.1) is 0 Å². The molecule has 0 aliphatic rings. The van der Waals surface area contributed by atoms with Crippen molar-refractivity contribution in [1.29, 1.82) is 0 Å². The molecule has 1 rings (SSSR count). The Morgan fingerprint density at radius 2 is 1.94 bits per heavy atom. The van der Waals surface area contributed by atoms with Gasteiger partial charge in [-0.3, -0.25) is 0 Å². The number of benzene rings is 1. The van der Waals surface area contributed by atoms with E-state index in [0.29, 0.717) is 6.54 Å². The zero-order valence-electron chi connectivity index (χ0n) is 11.9. The molecule has 1 atom stereocenters. The second-order valence-corrected chi connectivity index (χ2v) is 5.21. The van der Waals surface area contributed by atoms with Crippen molar-refractivity contribution in [2.45, 2.75) is 18.8 Å². The maximum Gasteiger partial charge on any atom is 0.0474 e. The molecule has 0 bridgehead atoms. The van der Waals surface area contributed by atoms with Gasteiger partial charge in [0.25, 0.3) is 0 Å². The predicted molar refractivity (Wildman–Crippen MR) is 76.8 cm³/mol. The van der Waals surface area contributed by atoms with Gasteiger partial charge < -0.3 is 15.4 Å². The van der Waals surface area contributed by atoms with E-state index in [0.717, 1.165) is 26.1 Å². The summed E-state index contributed by atoms with van der Waals surface area (Å²) < 4.78 is 5.08. The van der Waals surface area contributed by atoms with Crippen molar-refractivity contribution < 1.29 is 4.74 Å². The Labute approximate surface area is 111 Å². The lowest BCUT2D eigenvalue weighted by atomic mass is 9.82. The van der Waals surface area contributed by atoms with Gasteiger partial charge in [-0.25, -0.2) is 0 Å². The van der Waals surface area contributed by atoms with E-state index in [1.54, 1.807) is 7.11 Å². The van der Waals surface area contributed by atoms with Gasteiger partial charge in [-0.05, 0) is 19.0 Å². The third-order valence-corrected chi connectivity index (χ3v) is 3.43. The molecule has 0 aromatic heterocycles. The summed E-state index contributed by atoms with van der Waals surface area (Å²) in [6.45, 7) is 5.71. The predicted octanol–water partition coefficient (Wildman–Crippen LogP) is 1.87. The Morgan fingerprint density at radius 1 is 1.28 bits per heavy atom. The molecule has 0 spiro atoms. The molecule has 3 heteroatoms. The van der Waals surface area contributed by atoms with E-state index in [2.05, 4.69) is 43.1 Å². The van der Waals surface area contributed by atoms with Gasteiger partial charge in [0.2, 0.25) is 0 Å². The zero-order chi connectivity index (χ0) is 13.4. The van der Waals surface area contributed by atoms with E-state index in [1.165, 1.54) is 5.56 Å². The van der Waals surface area contributed by atoms with Crippen LogP contribution in [0.2, 0.25) is 0 Å². The van der Waals surface area contributed by atoms with Crippen molar-refractivity contribution >= 4 is 0 Å². The van der Waals surface area contributed by atoms with Crippen LogP contribution in [0.25, 0.3) is 0 Å². The summed E-state index contributed by atoms with van der Waals surface area (Å²) in [6.07, 6.45) is 1.06. The summed E-state index contributed by atoms with van der Waals surface area (Å²) in [7, 11) is 3.89. The Kier molecular flexibility index (Phi) is 6.33. The van der Waals surface area contributed by atoms with E-state index in [9.17, 15) is 0 Å². The number of rotatable bonds is 8. The maximum atomic E-state index is 5.99. The fourth-order valence-corrected chi connectivity index (χ4v) is 2.27. The molecular weight excluding hydrogens is 224 g/mol. The summed E-state index contributed by atoms with van der Waals surface area (Å²) in [5.74, 6) is 0. The number of ether oxygens (including phenoxy) is 1. The summed E-state index contributed by atoms with van der Waals surface area (Å²) in [5.41, 5.74) is 7.32. The van der Waals surface area contributed by atoms with E-state index in [-0.39, 0.29) is 5.41 Å². The van der Waals surface area contributed by atoms with Crippen LogP contribution in [-0.4, -0.2) is 45.3 Å². The maximum absolute atomic E-state index is 5.99. The molecule has 0 heterocycles. The third-order valence-electron chi connectivity index (χ3n) is 3.43. The highest BCUT2D eigenvalue weighted by Gasteiger charge is 2.26. The quantitative estimate of drug-likeness (QED) is 0.716. The van der Waals surface area contributed by atoms with Crippen LogP contribution >= 0.6 is 0 Å².